The van der Waals surface area contributed by atoms with E-state index >= 15 is 0 Å². The predicted molar refractivity (Wildman–Crippen MR) is 99.3 cm³/mol. The van der Waals surface area contributed by atoms with Gasteiger partial charge in [-0.2, -0.15) is 0 Å². The first-order valence-electron chi connectivity index (χ1n) is 9.04. The maximum Gasteiger partial charge on any atom is 0.411 e. The molecule has 0 aromatic heterocycles. The van der Waals surface area contributed by atoms with Crippen molar-refractivity contribution in [3.8, 4) is 11.1 Å². The molecule has 2 N–H and O–H groups in total. The molecule has 3 rings (SSSR count). The summed E-state index contributed by atoms with van der Waals surface area (Å²) in [5, 5.41) is 11.9. The standard InChI is InChI=1S/C21H24FNO3/c22-19-3-1-2-18(12-19)17-8-10-20(11-9-17)23-21(25)26-14-16-6-4-15(13-24)5-7-16/h1-3,8-12,15-16,24H,4-7,13-14H2,(H,23,25). The van der Waals surface area contributed by atoms with Gasteiger partial charge in [-0.05, 0) is 72.9 Å². The number of amides is 1. The van der Waals surface area contributed by atoms with Crippen molar-refractivity contribution in [3.63, 3.8) is 0 Å². The number of aliphatic hydroxyl groups is 1. The van der Waals surface area contributed by atoms with E-state index in [1.807, 2.05) is 18.2 Å². The Bertz CT molecular complexity index is 724. The fourth-order valence-electron chi connectivity index (χ4n) is 3.34. The van der Waals surface area contributed by atoms with Crippen molar-refractivity contribution < 1.29 is 19.0 Å². The van der Waals surface area contributed by atoms with Gasteiger partial charge in [-0.1, -0.05) is 24.3 Å². The molecule has 5 heteroatoms. The maximum atomic E-state index is 13.3. The normalized spacial score (nSPS) is 19.8. The first kappa shape index (κ1) is 18.4. The van der Waals surface area contributed by atoms with E-state index in [2.05, 4.69) is 5.32 Å². The lowest BCUT2D eigenvalue weighted by Crippen LogP contribution is -2.23. The van der Waals surface area contributed by atoms with E-state index < -0.39 is 6.09 Å². The number of ether oxygens (including phenoxy) is 1. The molecule has 2 aromatic carbocycles. The summed E-state index contributed by atoms with van der Waals surface area (Å²) in [5.41, 5.74) is 2.31. The summed E-state index contributed by atoms with van der Waals surface area (Å²) in [7, 11) is 0. The smallest absolute Gasteiger partial charge is 0.411 e. The number of hydrogen-bond acceptors (Lipinski definition) is 3. The lowest BCUT2D eigenvalue weighted by Gasteiger charge is -2.26. The zero-order valence-corrected chi connectivity index (χ0v) is 14.7. The summed E-state index contributed by atoms with van der Waals surface area (Å²) >= 11 is 0. The Balaban J connectivity index is 1.47. The van der Waals surface area contributed by atoms with Gasteiger partial charge in [0.2, 0.25) is 0 Å². The molecular weight excluding hydrogens is 333 g/mol. The van der Waals surface area contributed by atoms with Crippen LogP contribution in [0.3, 0.4) is 0 Å². The van der Waals surface area contributed by atoms with E-state index in [0.717, 1.165) is 36.8 Å². The van der Waals surface area contributed by atoms with Crippen LogP contribution in [0.2, 0.25) is 0 Å². The third-order valence-electron chi connectivity index (χ3n) is 4.96. The number of rotatable bonds is 5. The Morgan fingerprint density at radius 2 is 1.73 bits per heavy atom. The highest BCUT2D eigenvalue weighted by Gasteiger charge is 2.21. The van der Waals surface area contributed by atoms with Gasteiger partial charge >= 0.3 is 6.09 Å². The molecule has 0 atom stereocenters. The average molecular weight is 357 g/mol. The molecule has 1 aliphatic rings. The van der Waals surface area contributed by atoms with Gasteiger partial charge in [-0.25, -0.2) is 9.18 Å². The molecule has 0 spiro atoms. The van der Waals surface area contributed by atoms with Crippen molar-refractivity contribution in [1.29, 1.82) is 0 Å². The number of carbonyl (C=O) groups excluding carboxylic acids is 1. The minimum Gasteiger partial charge on any atom is -0.449 e. The van der Waals surface area contributed by atoms with Crippen LogP contribution in [-0.2, 0) is 4.74 Å². The molecule has 138 valence electrons. The maximum absolute atomic E-state index is 13.3. The van der Waals surface area contributed by atoms with Crippen LogP contribution in [0.15, 0.2) is 48.5 Å². The van der Waals surface area contributed by atoms with Crippen molar-refractivity contribution in [2.75, 3.05) is 18.5 Å². The molecule has 1 aliphatic carbocycles. The number of hydrogen-bond donors (Lipinski definition) is 2. The molecule has 0 saturated heterocycles. The number of halogens is 1. The van der Waals surface area contributed by atoms with Crippen LogP contribution in [0.25, 0.3) is 11.1 Å². The average Bonchev–Trinajstić information content (AvgIpc) is 2.67. The summed E-state index contributed by atoms with van der Waals surface area (Å²) in [4.78, 5) is 12.0. The van der Waals surface area contributed by atoms with Crippen LogP contribution in [0.4, 0.5) is 14.9 Å². The molecule has 0 bridgehead atoms. The number of anilines is 1. The second-order valence-corrected chi connectivity index (χ2v) is 6.88. The molecule has 2 aromatic rings. The molecule has 26 heavy (non-hydrogen) atoms. The third kappa shape index (κ3) is 5.05. The van der Waals surface area contributed by atoms with Gasteiger partial charge in [-0.15, -0.1) is 0 Å². The van der Waals surface area contributed by atoms with Crippen LogP contribution in [-0.4, -0.2) is 24.4 Å². The first-order chi connectivity index (χ1) is 12.6. The number of carbonyl (C=O) groups is 1. The van der Waals surface area contributed by atoms with Crippen molar-refractivity contribution in [1.82, 2.24) is 0 Å². The second-order valence-electron chi connectivity index (χ2n) is 6.88. The van der Waals surface area contributed by atoms with E-state index in [1.54, 1.807) is 18.2 Å². The van der Waals surface area contributed by atoms with E-state index in [9.17, 15) is 9.18 Å². The molecule has 4 nitrogen and oxygen atoms in total. The van der Waals surface area contributed by atoms with Crippen molar-refractivity contribution >= 4 is 11.8 Å². The van der Waals surface area contributed by atoms with Gasteiger partial charge in [0.05, 0.1) is 6.61 Å². The monoisotopic (exact) mass is 357 g/mol. The minimum atomic E-state index is -0.465. The van der Waals surface area contributed by atoms with Crippen LogP contribution in [0.1, 0.15) is 25.7 Å². The Morgan fingerprint density at radius 1 is 1.04 bits per heavy atom. The van der Waals surface area contributed by atoms with Crippen LogP contribution in [0.5, 0.6) is 0 Å². The molecule has 0 unspecified atom stereocenters. The number of benzene rings is 2. The van der Waals surface area contributed by atoms with Crippen molar-refractivity contribution in [3.05, 3.63) is 54.3 Å². The number of aliphatic hydroxyl groups excluding tert-OH is 1. The summed E-state index contributed by atoms with van der Waals surface area (Å²) in [6, 6.07) is 13.6. The highest BCUT2D eigenvalue weighted by molar-refractivity contribution is 5.85. The summed E-state index contributed by atoms with van der Waals surface area (Å²) in [6.45, 7) is 0.658. The van der Waals surface area contributed by atoms with Gasteiger partial charge in [0.1, 0.15) is 5.82 Å². The molecule has 0 radical (unpaired) electrons. The van der Waals surface area contributed by atoms with E-state index in [1.165, 1.54) is 12.1 Å². The lowest BCUT2D eigenvalue weighted by molar-refractivity contribution is 0.107. The van der Waals surface area contributed by atoms with Gasteiger partial charge in [-0.3, -0.25) is 5.32 Å². The van der Waals surface area contributed by atoms with Crippen LogP contribution in [0, 0.1) is 17.7 Å². The largest absolute Gasteiger partial charge is 0.449 e. The highest BCUT2D eigenvalue weighted by Crippen LogP contribution is 2.28. The van der Waals surface area contributed by atoms with Gasteiger partial charge in [0.25, 0.3) is 0 Å². The van der Waals surface area contributed by atoms with Crippen LogP contribution < -0.4 is 5.32 Å². The number of nitrogens with one attached hydrogen (secondary N) is 1. The molecule has 1 fully saturated rings. The molecule has 0 aliphatic heterocycles. The van der Waals surface area contributed by atoms with E-state index in [0.29, 0.717) is 24.1 Å². The predicted octanol–water partition coefficient (Wildman–Crippen LogP) is 4.84. The lowest BCUT2D eigenvalue weighted by atomic mass is 9.83. The Kier molecular flexibility index (Phi) is 6.23. The molecule has 1 saturated carbocycles. The molecular formula is C21H24FNO3. The third-order valence-corrected chi connectivity index (χ3v) is 4.96. The van der Waals surface area contributed by atoms with E-state index in [4.69, 9.17) is 9.84 Å². The summed E-state index contributed by atoms with van der Waals surface area (Å²) in [5.74, 6) is 0.497. The fraction of sp³-hybridized carbons (Fsp3) is 0.381. The minimum absolute atomic E-state index is 0.250. The quantitative estimate of drug-likeness (QED) is 0.805. The van der Waals surface area contributed by atoms with Crippen molar-refractivity contribution in [2.45, 2.75) is 25.7 Å². The van der Waals surface area contributed by atoms with Gasteiger partial charge < -0.3 is 9.84 Å². The fourth-order valence-corrected chi connectivity index (χ4v) is 3.34. The molecule has 1 amide bonds. The molecule has 0 heterocycles. The Labute approximate surface area is 153 Å². The van der Waals surface area contributed by atoms with Gasteiger partial charge in [0.15, 0.2) is 0 Å². The Hall–Kier alpha value is -2.40. The first-order valence-corrected chi connectivity index (χ1v) is 9.04. The second kappa shape index (κ2) is 8.81. The van der Waals surface area contributed by atoms with Crippen LogP contribution >= 0.6 is 0 Å². The summed E-state index contributed by atoms with van der Waals surface area (Å²) < 4.78 is 18.6. The zero-order chi connectivity index (χ0) is 18.4. The highest BCUT2D eigenvalue weighted by atomic mass is 19.1. The van der Waals surface area contributed by atoms with Gasteiger partial charge in [0, 0.05) is 12.3 Å². The van der Waals surface area contributed by atoms with Crippen molar-refractivity contribution in [2.24, 2.45) is 11.8 Å². The SMILES string of the molecule is O=C(Nc1ccc(-c2cccc(F)c2)cc1)OCC1CCC(CO)CC1. The summed E-state index contributed by atoms with van der Waals surface area (Å²) in [6.07, 6.45) is 3.50. The Morgan fingerprint density at radius 3 is 2.38 bits per heavy atom. The zero-order valence-electron chi connectivity index (χ0n) is 14.7. The van der Waals surface area contributed by atoms with E-state index in [-0.39, 0.29) is 12.4 Å². The topological polar surface area (TPSA) is 58.6 Å².